The van der Waals surface area contributed by atoms with E-state index < -0.39 is 41.2 Å². The van der Waals surface area contributed by atoms with Gasteiger partial charge < -0.3 is 14.2 Å². The highest BCUT2D eigenvalue weighted by atomic mass is 16.6. The predicted molar refractivity (Wildman–Crippen MR) is 102 cm³/mol. The van der Waals surface area contributed by atoms with Crippen LogP contribution in [0.4, 0.5) is 0 Å². The van der Waals surface area contributed by atoms with Crippen LogP contribution >= 0.6 is 0 Å². The lowest BCUT2D eigenvalue weighted by Gasteiger charge is -2.34. The van der Waals surface area contributed by atoms with Crippen LogP contribution in [0, 0.1) is 16.0 Å². The molecule has 0 unspecified atom stereocenters. The summed E-state index contributed by atoms with van der Waals surface area (Å²) in [6.45, 7) is 8.72. The van der Waals surface area contributed by atoms with Gasteiger partial charge in [-0.25, -0.2) is 4.98 Å². The summed E-state index contributed by atoms with van der Waals surface area (Å²) in [5.74, 6) is -1.07. The number of hydrogen-bond donors (Lipinski definition) is 1. The van der Waals surface area contributed by atoms with Crippen molar-refractivity contribution < 1.29 is 23.9 Å². The zero-order chi connectivity index (χ0) is 21.3. The molecule has 1 aliphatic heterocycles. The van der Waals surface area contributed by atoms with Crippen LogP contribution in [-0.4, -0.2) is 53.4 Å². The highest BCUT2D eigenvalue weighted by molar-refractivity contribution is 5.77. The lowest BCUT2D eigenvalue weighted by atomic mass is 9.79. The number of aromatic nitrogens is 1. The fraction of sp³-hybridized carbons (Fsp3) is 0.684. The molecule has 0 amide bonds. The highest BCUT2D eigenvalue weighted by Gasteiger charge is 2.60. The van der Waals surface area contributed by atoms with Crippen LogP contribution in [0.2, 0.25) is 0 Å². The Morgan fingerprint density at radius 3 is 2.39 bits per heavy atom. The van der Waals surface area contributed by atoms with Crippen LogP contribution in [0.3, 0.4) is 0 Å². The Kier molecular flexibility index (Phi) is 6.30. The zero-order valence-electron chi connectivity index (χ0n) is 17.4. The first kappa shape index (κ1) is 22.0. The Balaban J connectivity index is 2.56. The van der Waals surface area contributed by atoms with E-state index in [4.69, 9.17) is 14.2 Å². The fourth-order valence-electron chi connectivity index (χ4n) is 3.67. The predicted octanol–water partition coefficient (Wildman–Crippen LogP) is 2.13. The van der Waals surface area contributed by atoms with E-state index in [1.807, 2.05) is 0 Å². The first-order valence-electron chi connectivity index (χ1n) is 9.09. The second-order valence-corrected chi connectivity index (χ2v) is 8.37. The second kappa shape index (κ2) is 8.00. The van der Waals surface area contributed by atoms with Gasteiger partial charge >= 0.3 is 5.97 Å². The third kappa shape index (κ3) is 4.41. The van der Waals surface area contributed by atoms with Crippen LogP contribution in [0.1, 0.15) is 46.2 Å². The monoisotopic (exact) mass is 395 g/mol. The molecule has 9 heteroatoms. The molecule has 1 fully saturated rings. The standard InChI is InChI=1S/C19H29N3O6/c1-18(2,3)28-17(23)14-12(19(4,5)27-7)15(22(24)25)13(21-14)11-9-8-10-20-16(11)26-6/h8-10,12-15,21H,1-7H3/t12-,13+,14+,15+/m1/s1. The number of methoxy groups -OCH3 is 2. The number of carbonyl (C=O) groups excluding carboxylic acids is 1. The minimum atomic E-state index is -1.15. The van der Waals surface area contributed by atoms with Crippen molar-refractivity contribution in [1.29, 1.82) is 0 Å². The Morgan fingerprint density at radius 1 is 1.25 bits per heavy atom. The second-order valence-electron chi connectivity index (χ2n) is 8.37. The van der Waals surface area contributed by atoms with Crippen molar-refractivity contribution in [3.8, 4) is 5.88 Å². The maximum Gasteiger partial charge on any atom is 0.324 e. The molecule has 0 aliphatic carbocycles. The Hall–Kier alpha value is -2.26. The van der Waals surface area contributed by atoms with Gasteiger partial charge in [0.1, 0.15) is 17.7 Å². The maximum absolute atomic E-state index is 12.9. The van der Waals surface area contributed by atoms with Crippen LogP contribution < -0.4 is 10.1 Å². The summed E-state index contributed by atoms with van der Waals surface area (Å²) in [6, 6.07) is 0.503. The lowest BCUT2D eigenvalue weighted by Crippen LogP contribution is -2.51. The van der Waals surface area contributed by atoms with E-state index in [9.17, 15) is 14.9 Å². The minimum absolute atomic E-state index is 0.269. The number of pyridine rings is 1. The van der Waals surface area contributed by atoms with Gasteiger partial charge in [0.15, 0.2) is 0 Å². The lowest BCUT2D eigenvalue weighted by molar-refractivity contribution is -0.536. The number of nitrogens with zero attached hydrogens (tertiary/aromatic N) is 2. The van der Waals surface area contributed by atoms with E-state index in [0.717, 1.165) is 0 Å². The Bertz CT molecular complexity index is 731. The van der Waals surface area contributed by atoms with Gasteiger partial charge in [-0.2, -0.15) is 0 Å². The Morgan fingerprint density at radius 2 is 1.89 bits per heavy atom. The molecule has 4 atom stereocenters. The molecule has 2 rings (SSSR count). The first-order chi connectivity index (χ1) is 12.9. The molecule has 2 heterocycles. The molecular formula is C19H29N3O6. The number of esters is 1. The van der Waals surface area contributed by atoms with Crippen LogP contribution in [0.15, 0.2) is 18.3 Å². The molecule has 28 heavy (non-hydrogen) atoms. The quantitative estimate of drug-likeness (QED) is 0.443. The van der Waals surface area contributed by atoms with Crippen molar-refractivity contribution in [3.05, 3.63) is 34.0 Å². The smallest absolute Gasteiger partial charge is 0.324 e. The molecule has 1 aromatic rings. The topological polar surface area (TPSA) is 113 Å². The molecule has 156 valence electrons. The largest absolute Gasteiger partial charge is 0.481 e. The molecule has 9 nitrogen and oxygen atoms in total. The van der Waals surface area contributed by atoms with Crippen molar-refractivity contribution >= 4 is 5.97 Å². The van der Waals surface area contributed by atoms with Gasteiger partial charge in [-0.1, -0.05) is 6.07 Å². The third-order valence-corrected chi connectivity index (χ3v) is 4.99. The minimum Gasteiger partial charge on any atom is -0.481 e. The van der Waals surface area contributed by atoms with E-state index in [1.165, 1.54) is 14.2 Å². The highest BCUT2D eigenvalue weighted by Crippen LogP contribution is 2.43. The molecule has 1 aliphatic rings. The van der Waals surface area contributed by atoms with Crippen LogP contribution in [-0.2, 0) is 14.3 Å². The van der Waals surface area contributed by atoms with Gasteiger partial charge in [0, 0.05) is 23.8 Å². The molecule has 0 radical (unpaired) electrons. The molecule has 0 saturated carbocycles. The maximum atomic E-state index is 12.9. The average Bonchev–Trinajstić information content (AvgIpc) is 3.02. The summed E-state index contributed by atoms with van der Waals surface area (Å²) >= 11 is 0. The first-order valence-corrected chi connectivity index (χ1v) is 9.09. The van der Waals surface area contributed by atoms with E-state index in [-0.39, 0.29) is 10.8 Å². The molecule has 1 saturated heterocycles. The molecule has 1 N–H and O–H groups in total. The molecule has 0 spiro atoms. The Labute approximate surface area is 164 Å². The zero-order valence-corrected chi connectivity index (χ0v) is 17.4. The summed E-state index contributed by atoms with van der Waals surface area (Å²) < 4.78 is 16.4. The van der Waals surface area contributed by atoms with Crippen molar-refractivity contribution in [2.45, 2.75) is 63.9 Å². The van der Waals surface area contributed by atoms with Crippen molar-refractivity contribution in [3.63, 3.8) is 0 Å². The normalized spacial score (nSPS) is 25.4. The number of hydrogen-bond acceptors (Lipinski definition) is 8. The van der Waals surface area contributed by atoms with Crippen LogP contribution in [0.5, 0.6) is 5.88 Å². The molecule has 0 bridgehead atoms. The van der Waals surface area contributed by atoms with Gasteiger partial charge in [-0.3, -0.25) is 20.2 Å². The van der Waals surface area contributed by atoms with Gasteiger partial charge in [0.25, 0.3) is 0 Å². The van der Waals surface area contributed by atoms with Crippen LogP contribution in [0.25, 0.3) is 0 Å². The molecular weight excluding hydrogens is 366 g/mol. The number of carbonyl (C=O) groups is 1. The number of nitrogens with one attached hydrogen (secondary N) is 1. The summed E-state index contributed by atoms with van der Waals surface area (Å²) in [7, 11) is 2.92. The van der Waals surface area contributed by atoms with Crippen molar-refractivity contribution in [1.82, 2.24) is 10.3 Å². The molecule has 1 aromatic heterocycles. The summed E-state index contributed by atoms with van der Waals surface area (Å²) in [5, 5.41) is 15.2. The van der Waals surface area contributed by atoms with Crippen molar-refractivity contribution in [2.75, 3.05) is 14.2 Å². The summed E-state index contributed by atoms with van der Waals surface area (Å²) in [4.78, 5) is 28.8. The van der Waals surface area contributed by atoms with Gasteiger partial charge in [0.2, 0.25) is 11.9 Å². The average molecular weight is 395 g/mol. The number of nitro groups is 1. The van der Waals surface area contributed by atoms with Gasteiger partial charge in [-0.15, -0.1) is 0 Å². The van der Waals surface area contributed by atoms with Gasteiger partial charge in [0.05, 0.1) is 18.6 Å². The summed E-state index contributed by atoms with van der Waals surface area (Å²) in [6.07, 6.45) is 1.54. The van der Waals surface area contributed by atoms with E-state index in [2.05, 4.69) is 10.3 Å². The van der Waals surface area contributed by atoms with E-state index >= 15 is 0 Å². The summed E-state index contributed by atoms with van der Waals surface area (Å²) in [5.41, 5.74) is -1.18. The SMILES string of the molecule is COc1ncccc1[C@@H]1N[C@H](C(=O)OC(C)(C)C)[C@@H](C(C)(C)OC)[C@@H]1[N+](=O)[O-]. The number of ether oxygens (including phenoxy) is 3. The fourth-order valence-corrected chi connectivity index (χ4v) is 3.67. The molecule has 0 aromatic carbocycles. The van der Waals surface area contributed by atoms with Crippen molar-refractivity contribution in [2.24, 2.45) is 5.92 Å². The van der Waals surface area contributed by atoms with E-state index in [0.29, 0.717) is 5.56 Å². The van der Waals surface area contributed by atoms with E-state index in [1.54, 1.807) is 52.9 Å². The van der Waals surface area contributed by atoms with Gasteiger partial charge in [-0.05, 0) is 40.7 Å². The number of rotatable bonds is 6. The third-order valence-electron chi connectivity index (χ3n) is 4.99.